The van der Waals surface area contributed by atoms with E-state index in [-0.39, 0.29) is 6.04 Å². The van der Waals surface area contributed by atoms with Gasteiger partial charge in [0.25, 0.3) is 0 Å². The van der Waals surface area contributed by atoms with Crippen LogP contribution in [0.5, 0.6) is 0 Å². The number of hydrogen-bond donors (Lipinski definition) is 2. The number of aliphatic imine (C=N–C) groups is 1. The molecule has 0 aliphatic carbocycles. The highest BCUT2D eigenvalue weighted by Crippen LogP contribution is 2.27. The van der Waals surface area contributed by atoms with Crippen molar-refractivity contribution in [1.29, 1.82) is 0 Å². The van der Waals surface area contributed by atoms with Gasteiger partial charge in [0, 0.05) is 5.69 Å². The second kappa shape index (κ2) is 8.67. The monoisotopic (exact) mass is 336 g/mol. The highest BCUT2D eigenvalue weighted by molar-refractivity contribution is 5.92. The minimum atomic E-state index is 0.282. The second-order valence-electron chi connectivity index (χ2n) is 6.86. The smallest absolute Gasteiger partial charge is 0.193 e. The summed E-state index contributed by atoms with van der Waals surface area (Å²) in [6, 6.07) is 20.9. The fourth-order valence-corrected chi connectivity index (χ4v) is 3.34. The van der Waals surface area contributed by atoms with Crippen LogP contribution in [0.15, 0.2) is 65.7 Å². The van der Waals surface area contributed by atoms with Crippen LogP contribution in [0.2, 0.25) is 0 Å². The number of piperidine rings is 1. The molecule has 4 nitrogen and oxygen atoms in total. The number of benzene rings is 2. The Morgan fingerprint density at radius 3 is 2.32 bits per heavy atom. The van der Waals surface area contributed by atoms with Gasteiger partial charge < -0.3 is 11.1 Å². The van der Waals surface area contributed by atoms with Gasteiger partial charge >= 0.3 is 0 Å². The highest BCUT2D eigenvalue weighted by atomic mass is 15.2. The molecular weight excluding hydrogens is 308 g/mol. The first-order valence-electron chi connectivity index (χ1n) is 9.13. The van der Waals surface area contributed by atoms with Gasteiger partial charge in [-0.15, -0.1) is 0 Å². The quantitative estimate of drug-likeness (QED) is 0.643. The van der Waals surface area contributed by atoms with Crippen molar-refractivity contribution >= 4 is 11.6 Å². The summed E-state index contributed by atoms with van der Waals surface area (Å²) in [5.74, 6) is 1.29. The lowest BCUT2D eigenvalue weighted by molar-refractivity contribution is 0.141. The summed E-state index contributed by atoms with van der Waals surface area (Å²) >= 11 is 0. The van der Waals surface area contributed by atoms with Crippen LogP contribution < -0.4 is 11.1 Å². The number of guanidine groups is 1. The summed E-state index contributed by atoms with van der Waals surface area (Å²) in [5, 5.41) is 3.17. The molecule has 1 aliphatic rings. The first-order valence-corrected chi connectivity index (χ1v) is 9.13. The summed E-state index contributed by atoms with van der Waals surface area (Å²) in [4.78, 5) is 7.18. The van der Waals surface area contributed by atoms with E-state index in [1.165, 1.54) is 18.4 Å². The van der Waals surface area contributed by atoms with Crippen LogP contribution in [-0.4, -0.2) is 30.5 Å². The molecule has 0 bridgehead atoms. The third-order valence-corrected chi connectivity index (χ3v) is 4.92. The van der Waals surface area contributed by atoms with Gasteiger partial charge in [0.2, 0.25) is 0 Å². The topological polar surface area (TPSA) is 53.6 Å². The van der Waals surface area contributed by atoms with Gasteiger partial charge in [-0.1, -0.05) is 55.5 Å². The number of likely N-dealkylation sites (tertiary alicyclic amines) is 1. The van der Waals surface area contributed by atoms with Gasteiger partial charge in [0.05, 0.1) is 12.6 Å². The molecule has 2 aromatic carbocycles. The normalized spacial score (nSPS) is 18.0. The van der Waals surface area contributed by atoms with Crippen molar-refractivity contribution in [3.63, 3.8) is 0 Å². The van der Waals surface area contributed by atoms with Crippen molar-refractivity contribution in [2.75, 3.05) is 25.0 Å². The van der Waals surface area contributed by atoms with Crippen LogP contribution in [0.25, 0.3) is 0 Å². The SMILES string of the molecule is CC1CCN(C(CN=C(N)Nc2ccccc2)c2ccccc2)CC1. The fraction of sp³-hybridized carbons (Fsp3) is 0.381. The average Bonchev–Trinajstić information content (AvgIpc) is 2.65. The van der Waals surface area contributed by atoms with Crippen molar-refractivity contribution in [1.82, 2.24) is 4.90 Å². The largest absolute Gasteiger partial charge is 0.370 e. The van der Waals surface area contributed by atoms with E-state index in [1.54, 1.807) is 0 Å². The number of anilines is 1. The molecule has 0 amide bonds. The molecule has 0 saturated carbocycles. The predicted molar refractivity (Wildman–Crippen MR) is 106 cm³/mol. The van der Waals surface area contributed by atoms with E-state index >= 15 is 0 Å². The zero-order chi connectivity index (χ0) is 17.5. The number of nitrogens with zero attached hydrogens (tertiary/aromatic N) is 2. The average molecular weight is 336 g/mol. The Bertz CT molecular complexity index is 661. The van der Waals surface area contributed by atoms with E-state index < -0.39 is 0 Å². The van der Waals surface area contributed by atoms with Gasteiger partial charge in [-0.25, -0.2) is 0 Å². The van der Waals surface area contributed by atoms with Crippen LogP contribution >= 0.6 is 0 Å². The van der Waals surface area contributed by atoms with Gasteiger partial charge in [-0.3, -0.25) is 9.89 Å². The van der Waals surface area contributed by atoms with Gasteiger partial charge in [-0.2, -0.15) is 0 Å². The summed E-state index contributed by atoms with van der Waals surface area (Å²) in [5.41, 5.74) is 8.38. The molecule has 0 radical (unpaired) electrons. The first-order chi connectivity index (χ1) is 12.2. The Hall–Kier alpha value is -2.33. The predicted octanol–water partition coefficient (Wildman–Crippen LogP) is 3.89. The first kappa shape index (κ1) is 17.5. The van der Waals surface area contributed by atoms with Gasteiger partial charge in [-0.05, 0) is 49.5 Å². The van der Waals surface area contributed by atoms with Crippen molar-refractivity contribution in [3.8, 4) is 0 Å². The van der Waals surface area contributed by atoms with Crippen LogP contribution in [0.3, 0.4) is 0 Å². The molecular formula is C21H28N4. The molecule has 25 heavy (non-hydrogen) atoms. The summed E-state index contributed by atoms with van der Waals surface area (Å²) in [6.45, 7) is 5.27. The van der Waals surface area contributed by atoms with Crippen molar-refractivity contribution in [2.24, 2.45) is 16.6 Å². The van der Waals surface area contributed by atoms with E-state index in [1.807, 2.05) is 30.3 Å². The highest BCUT2D eigenvalue weighted by Gasteiger charge is 2.24. The molecule has 2 aromatic rings. The minimum absolute atomic E-state index is 0.282. The Kier molecular flexibility index (Phi) is 6.07. The molecule has 0 aromatic heterocycles. The zero-order valence-corrected chi connectivity index (χ0v) is 14.9. The third-order valence-electron chi connectivity index (χ3n) is 4.92. The van der Waals surface area contributed by atoms with Crippen LogP contribution in [0.1, 0.15) is 31.4 Å². The molecule has 3 rings (SSSR count). The molecule has 1 atom stereocenters. The number of hydrogen-bond acceptors (Lipinski definition) is 2. The Morgan fingerprint density at radius 2 is 1.68 bits per heavy atom. The van der Waals surface area contributed by atoms with Crippen LogP contribution in [-0.2, 0) is 0 Å². The molecule has 0 spiro atoms. The van der Waals surface area contributed by atoms with Crippen molar-refractivity contribution < 1.29 is 0 Å². The fourth-order valence-electron chi connectivity index (χ4n) is 3.34. The lowest BCUT2D eigenvalue weighted by atomic mass is 9.96. The summed E-state index contributed by atoms with van der Waals surface area (Å²) < 4.78 is 0. The number of para-hydroxylation sites is 1. The lowest BCUT2D eigenvalue weighted by Crippen LogP contribution is -2.38. The molecule has 132 valence electrons. The minimum Gasteiger partial charge on any atom is -0.370 e. The number of rotatable bonds is 5. The Labute approximate surface area is 150 Å². The maximum atomic E-state index is 6.10. The van der Waals surface area contributed by atoms with Crippen molar-refractivity contribution in [2.45, 2.75) is 25.8 Å². The number of nitrogens with one attached hydrogen (secondary N) is 1. The molecule has 1 fully saturated rings. The van der Waals surface area contributed by atoms with Gasteiger partial charge in [0.1, 0.15) is 0 Å². The Morgan fingerprint density at radius 1 is 1.08 bits per heavy atom. The molecule has 3 N–H and O–H groups in total. The molecule has 1 saturated heterocycles. The van der Waals surface area contributed by atoms with Crippen molar-refractivity contribution in [3.05, 3.63) is 66.2 Å². The molecule has 1 unspecified atom stereocenters. The van der Waals surface area contributed by atoms with Crippen LogP contribution in [0, 0.1) is 5.92 Å². The molecule has 1 heterocycles. The maximum absolute atomic E-state index is 6.10. The molecule has 4 heteroatoms. The third kappa shape index (κ3) is 5.07. The van der Waals surface area contributed by atoms with E-state index in [0.29, 0.717) is 12.5 Å². The van der Waals surface area contributed by atoms with E-state index in [2.05, 4.69) is 52.5 Å². The van der Waals surface area contributed by atoms with Crippen LogP contribution in [0.4, 0.5) is 5.69 Å². The zero-order valence-electron chi connectivity index (χ0n) is 14.9. The van der Waals surface area contributed by atoms with E-state index in [9.17, 15) is 0 Å². The second-order valence-corrected chi connectivity index (χ2v) is 6.86. The van der Waals surface area contributed by atoms with E-state index in [4.69, 9.17) is 5.73 Å². The maximum Gasteiger partial charge on any atom is 0.193 e. The molecule has 1 aliphatic heterocycles. The summed E-state index contributed by atoms with van der Waals surface area (Å²) in [6.07, 6.45) is 2.51. The standard InChI is InChI=1S/C21H28N4/c1-17-12-14-25(15-13-17)20(18-8-4-2-5-9-18)16-23-21(22)24-19-10-6-3-7-11-19/h2-11,17,20H,12-16H2,1H3,(H3,22,23,24). The summed E-state index contributed by atoms with van der Waals surface area (Å²) in [7, 11) is 0. The van der Waals surface area contributed by atoms with E-state index in [0.717, 1.165) is 24.7 Å². The van der Waals surface area contributed by atoms with Gasteiger partial charge in [0.15, 0.2) is 5.96 Å². The number of nitrogens with two attached hydrogens (primary N) is 1. The lowest BCUT2D eigenvalue weighted by Gasteiger charge is -2.36. The Balaban J connectivity index is 1.70.